The summed E-state index contributed by atoms with van der Waals surface area (Å²) in [5, 5.41) is 34.5. The minimum Gasteiger partial charge on any atom is -0.394 e. The number of nitrogens with zero attached hydrogens (tertiary/aromatic N) is 1. The summed E-state index contributed by atoms with van der Waals surface area (Å²) in [6, 6.07) is 3.28. The second kappa shape index (κ2) is 9.38. The number of aryl methyl sites for hydroxylation is 1. The molecule has 0 aliphatic carbocycles. The van der Waals surface area contributed by atoms with Crippen molar-refractivity contribution >= 4 is 17.5 Å². The molecular formula is C21H28FN3O5. The van der Waals surface area contributed by atoms with Gasteiger partial charge in [0.05, 0.1) is 30.0 Å². The van der Waals surface area contributed by atoms with E-state index in [1.165, 1.54) is 25.1 Å². The van der Waals surface area contributed by atoms with Gasteiger partial charge in [-0.05, 0) is 57.0 Å². The van der Waals surface area contributed by atoms with E-state index in [4.69, 9.17) is 0 Å². The second-order valence-electron chi connectivity index (χ2n) is 7.39. The quantitative estimate of drug-likeness (QED) is 0.460. The van der Waals surface area contributed by atoms with Crippen molar-refractivity contribution in [1.82, 2.24) is 9.88 Å². The highest BCUT2D eigenvalue weighted by molar-refractivity contribution is 6.06. The number of anilines is 1. The molecule has 0 saturated carbocycles. The lowest BCUT2D eigenvalue weighted by molar-refractivity contribution is -0.132. The third kappa shape index (κ3) is 4.69. The highest BCUT2D eigenvalue weighted by atomic mass is 19.1. The van der Waals surface area contributed by atoms with E-state index >= 15 is 0 Å². The Morgan fingerprint density at radius 2 is 1.83 bits per heavy atom. The Kier molecular flexibility index (Phi) is 7.35. The van der Waals surface area contributed by atoms with Gasteiger partial charge in [-0.2, -0.15) is 0 Å². The van der Waals surface area contributed by atoms with E-state index in [-0.39, 0.29) is 17.1 Å². The van der Waals surface area contributed by atoms with E-state index in [2.05, 4.69) is 10.6 Å². The molecule has 2 rings (SSSR count). The fourth-order valence-electron chi connectivity index (χ4n) is 3.34. The molecule has 164 valence electrons. The van der Waals surface area contributed by atoms with Crippen LogP contribution in [0.4, 0.5) is 10.1 Å². The summed E-state index contributed by atoms with van der Waals surface area (Å²) in [7, 11) is 1.62. The number of carbonyl (C=O) groups is 2. The molecule has 0 saturated heterocycles. The van der Waals surface area contributed by atoms with Crippen LogP contribution in [0.25, 0.3) is 0 Å². The van der Waals surface area contributed by atoms with Crippen molar-refractivity contribution in [3.8, 4) is 0 Å². The summed E-state index contributed by atoms with van der Waals surface area (Å²) in [6.45, 7) is 5.79. The molecule has 1 heterocycles. The summed E-state index contributed by atoms with van der Waals surface area (Å²) in [5.74, 6) is -1.64. The SMILES string of the molecule is Cc1cc(NC(=O)c2c(C)c(C(O)C(=O)N[C@H](CO)[C@@H](C)O)n(C)c2C)ccc1F. The standard InChI is InChI=1S/C21H28FN3O5/c1-10-8-14(6-7-15(10)22)23-20(29)17-11(2)18(25(5)12(17)3)19(28)21(30)24-16(9-26)13(4)27/h6-8,13,16,19,26-28H,9H2,1-5H3,(H,23,29)(H,24,30)/t13-,16-,19?/m1/s1. The van der Waals surface area contributed by atoms with Crippen molar-refractivity contribution in [2.45, 2.75) is 45.9 Å². The molecule has 0 bridgehead atoms. The summed E-state index contributed by atoms with van der Waals surface area (Å²) < 4.78 is 15.0. The molecule has 0 spiro atoms. The smallest absolute Gasteiger partial charge is 0.257 e. The number of aliphatic hydroxyl groups excluding tert-OH is 3. The number of carbonyl (C=O) groups excluding carboxylic acids is 2. The third-order valence-corrected chi connectivity index (χ3v) is 5.24. The van der Waals surface area contributed by atoms with Gasteiger partial charge in [-0.15, -0.1) is 0 Å². The predicted molar refractivity (Wildman–Crippen MR) is 110 cm³/mol. The summed E-state index contributed by atoms with van der Waals surface area (Å²) >= 11 is 0. The van der Waals surface area contributed by atoms with Gasteiger partial charge in [-0.3, -0.25) is 9.59 Å². The lowest BCUT2D eigenvalue weighted by Crippen LogP contribution is -2.46. The number of nitrogens with one attached hydrogen (secondary N) is 2. The molecule has 3 atom stereocenters. The van der Waals surface area contributed by atoms with Crippen LogP contribution in [0.15, 0.2) is 18.2 Å². The molecule has 5 N–H and O–H groups in total. The van der Waals surface area contributed by atoms with Crippen molar-refractivity contribution < 1.29 is 29.3 Å². The number of hydrogen-bond acceptors (Lipinski definition) is 5. The largest absolute Gasteiger partial charge is 0.394 e. The van der Waals surface area contributed by atoms with Crippen LogP contribution < -0.4 is 10.6 Å². The maximum atomic E-state index is 13.5. The van der Waals surface area contributed by atoms with E-state index in [9.17, 15) is 29.3 Å². The Balaban J connectivity index is 2.32. The molecule has 8 nitrogen and oxygen atoms in total. The predicted octanol–water partition coefficient (Wildman–Crippen LogP) is 1.23. The van der Waals surface area contributed by atoms with Crippen LogP contribution in [0, 0.1) is 26.6 Å². The molecule has 1 aromatic heterocycles. The molecule has 2 aromatic rings. The van der Waals surface area contributed by atoms with Crippen LogP contribution >= 0.6 is 0 Å². The van der Waals surface area contributed by atoms with Crippen LogP contribution in [0.1, 0.15) is 45.9 Å². The van der Waals surface area contributed by atoms with Gasteiger partial charge in [0.2, 0.25) is 0 Å². The normalized spacial score (nSPS) is 14.2. The summed E-state index contributed by atoms with van der Waals surface area (Å²) in [6.07, 6.45) is -2.63. The number of amides is 2. The van der Waals surface area contributed by atoms with Gasteiger partial charge >= 0.3 is 0 Å². The average Bonchev–Trinajstić information content (AvgIpc) is 2.90. The van der Waals surface area contributed by atoms with Crippen LogP contribution in [0.2, 0.25) is 0 Å². The monoisotopic (exact) mass is 421 g/mol. The molecule has 0 fully saturated rings. The Labute approximate surface area is 174 Å². The molecule has 0 aliphatic heterocycles. The van der Waals surface area contributed by atoms with E-state index in [0.717, 1.165) is 0 Å². The van der Waals surface area contributed by atoms with E-state index in [0.29, 0.717) is 22.5 Å². The van der Waals surface area contributed by atoms with Gasteiger partial charge < -0.3 is 30.5 Å². The first-order valence-corrected chi connectivity index (χ1v) is 9.50. The molecule has 0 radical (unpaired) electrons. The zero-order valence-electron chi connectivity index (χ0n) is 17.7. The second-order valence-corrected chi connectivity index (χ2v) is 7.39. The van der Waals surface area contributed by atoms with Crippen LogP contribution in [-0.4, -0.2) is 50.5 Å². The third-order valence-electron chi connectivity index (χ3n) is 5.24. The molecule has 30 heavy (non-hydrogen) atoms. The van der Waals surface area contributed by atoms with Crippen molar-refractivity contribution in [3.05, 3.63) is 52.1 Å². The van der Waals surface area contributed by atoms with Crippen LogP contribution in [0.5, 0.6) is 0 Å². The lowest BCUT2D eigenvalue weighted by atomic mass is 10.1. The maximum Gasteiger partial charge on any atom is 0.257 e. The minimum absolute atomic E-state index is 0.215. The number of hydrogen-bond donors (Lipinski definition) is 5. The average molecular weight is 421 g/mol. The van der Waals surface area contributed by atoms with Gasteiger partial charge in [-0.25, -0.2) is 4.39 Å². The molecule has 1 unspecified atom stereocenters. The van der Waals surface area contributed by atoms with Gasteiger partial charge in [0.1, 0.15) is 5.82 Å². The lowest BCUT2D eigenvalue weighted by Gasteiger charge is -2.21. The van der Waals surface area contributed by atoms with Crippen LogP contribution in [0.3, 0.4) is 0 Å². The van der Waals surface area contributed by atoms with Crippen molar-refractivity contribution in [3.63, 3.8) is 0 Å². The maximum absolute atomic E-state index is 13.5. The van der Waals surface area contributed by atoms with Crippen molar-refractivity contribution in [2.24, 2.45) is 7.05 Å². The first-order chi connectivity index (χ1) is 14.0. The Hall–Kier alpha value is -2.75. The van der Waals surface area contributed by atoms with E-state index in [1.54, 1.807) is 32.4 Å². The molecule has 1 aromatic carbocycles. The number of halogens is 1. The van der Waals surface area contributed by atoms with Crippen LogP contribution in [-0.2, 0) is 11.8 Å². The van der Waals surface area contributed by atoms with Gasteiger partial charge in [0.25, 0.3) is 11.8 Å². The Bertz CT molecular complexity index is 955. The fourth-order valence-corrected chi connectivity index (χ4v) is 3.34. The Morgan fingerprint density at radius 1 is 1.20 bits per heavy atom. The first kappa shape index (κ1) is 23.5. The zero-order chi connectivity index (χ0) is 22.7. The highest BCUT2D eigenvalue weighted by Crippen LogP contribution is 2.28. The number of rotatable bonds is 7. The minimum atomic E-state index is -1.61. The number of aliphatic hydroxyl groups is 3. The Morgan fingerprint density at radius 3 is 2.37 bits per heavy atom. The molecule has 2 amide bonds. The highest BCUT2D eigenvalue weighted by Gasteiger charge is 2.30. The van der Waals surface area contributed by atoms with Gasteiger partial charge in [0, 0.05) is 18.4 Å². The zero-order valence-corrected chi connectivity index (χ0v) is 17.7. The fraction of sp³-hybridized carbons (Fsp3) is 0.429. The summed E-state index contributed by atoms with van der Waals surface area (Å²) in [5.41, 5.74) is 2.25. The number of aromatic nitrogens is 1. The van der Waals surface area contributed by atoms with E-state index in [1.807, 2.05) is 0 Å². The van der Waals surface area contributed by atoms with Gasteiger partial charge in [0.15, 0.2) is 6.10 Å². The van der Waals surface area contributed by atoms with Gasteiger partial charge in [-0.1, -0.05) is 0 Å². The van der Waals surface area contributed by atoms with E-state index < -0.39 is 36.7 Å². The first-order valence-electron chi connectivity index (χ1n) is 9.50. The molecule has 9 heteroatoms. The summed E-state index contributed by atoms with van der Waals surface area (Å²) in [4.78, 5) is 25.3. The number of benzene rings is 1. The van der Waals surface area contributed by atoms with Crippen molar-refractivity contribution in [2.75, 3.05) is 11.9 Å². The topological polar surface area (TPSA) is 124 Å². The molecule has 0 aliphatic rings. The molecular weight excluding hydrogens is 393 g/mol. The van der Waals surface area contributed by atoms with Crippen molar-refractivity contribution in [1.29, 1.82) is 0 Å².